The van der Waals surface area contributed by atoms with E-state index in [0.29, 0.717) is 26.4 Å². The maximum absolute atomic E-state index is 5.65. The molecule has 0 bridgehead atoms. The molecule has 0 saturated carbocycles. The van der Waals surface area contributed by atoms with Crippen molar-refractivity contribution in [1.29, 1.82) is 0 Å². The summed E-state index contributed by atoms with van der Waals surface area (Å²) >= 11 is 0. The zero-order valence-electron chi connectivity index (χ0n) is 9.95. The largest absolute Gasteiger partial charge is 0.500 e. The quantitative estimate of drug-likeness (QED) is 0.511. The standard InChI is InChI=1S/C9H23NO3Si.HI/c1-4-11-14(12-5-2,13-6-3)9-7-8-10;/h4-10H2,1-3H3;1H. The summed E-state index contributed by atoms with van der Waals surface area (Å²) in [5.74, 6) is 0. The van der Waals surface area contributed by atoms with Gasteiger partial charge in [-0.3, -0.25) is 0 Å². The third kappa shape index (κ3) is 7.64. The van der Waals surface area contributed by atoms with Crippen LogP contribution in [0, 0.1) is 0 Å². The van der Waals surface area contributed by atoms with Gasteiger partial charge in [0, 0.05) is 25.9 Å². The molecule has 4 nitrogen and oxygen atoms in total. The van der Waals surface area contributed by atoms with Crippen LogP contribution in [0.2, 0.25) is 6.04 Å². The molecule has 0 amide bonds. The number of rotatable bonds is 9. The Morgan fingerprint density at radius 1 is 0.933 bits per heavy atom. The average molecular weight is 349 g/mol. The molecule has 0 heterocycles. The van der Waals surface area contributed by atoms with Crippen molar-refractivity contribution in [2.75, 3.05) is 26.4 Å². The minimum Gasteiger partial charge on any atom is -0.374 e. The second kappa shape index (κ2) is 11.3. The zero-order valence-corrected chi connectivity index (χ0v) is 13.3. The summed E-state index contributed by atoms with van der Waals surface area (Å²) in [4.78, 5) is 0. The summed E-state index contributed by atoms with van der Waals surface area (Å²) in [6, 6.07) is 0.818. The number of halogens is 1. The van der Waals surface area contributed by atoms with Crippen LogP contribution in [0.5, 0.6) is 0 Å². The van der Waals surface area contributed by atoms with Crippen LogP contribution in [0.1, 0.15) is 27.2 Å². The van der Waals surface area contributed by atoms with Gasteiger partial charge in [-0.25, -0.2) is 0 Å². The van der Waals surface area contributed by atoms with E-state index < -0.39 is 8.80 Å². The molecule has 0 saturated heterocycles. The Kier molecular flexibility index (Phi) is 13.7. The fraction of sp³-hybridized carbons (Fsp3) is 1.00. The lowest BCUT2D eigenvalue weighted by molar-refractivity contribution is 0.0710. The molecule has 0 aromatic carbocycles. The molecule has 0 unspecified atom stereocenters. The molecule has 0 aliphatic carbocycles. The van der Waals surface area contributed by atoms with Crippen LogP contribution in [0.4, 0.5) is 0 Å². The molecule has 0 radical (unpaired) electrons. The highest BCUT2D eigenvalue weighted by Crippen LogP contribution is 2.17. The zero-order chi connectivity index (χ0) is 10.9. The molecule has 94 valence electrons. The van der Waals surface area contributed by atoms with Crippen LogP contribution < -0.4 is 5.73 Å². The Hall–Kier alpha value is 0.787. The second-order valence-corrected chi connectivity index (χ2v) is 5.61. The molecule has 0 aliphatic heterocycles. The van der Waals surface area contributed by atoms with E-state index in [2.05, 4.69) is 0 Å². The minimum absolute atomic E-state index is 0. The van der Waals surface area contributed by atoms with Gasteiger partial charge in [-0.05, 0) is 33.7 Å². The van der Waals surface area contributed by atoms with Crippen LogP contribution in [0.25, 0.3) is 0 Å². The Bertz CT molecular complexity index is 124. The summed E-state index contributed by atoms with van der Waals surface area (Å²) in [5, 5.41) is 0. The third-order valence-electron chi connectivity index (χ3n) is 1.78. The molecule has 0 atom stereocenters. The Morgan fingerprint density at radius 2 is 1.33 bits per heavy atom. The summed E-state index contributed by atoms with van der Waals surface area (Å²) in [6.07, 6.45) is 0.895. The highest BCUT2D eigenvalue weighted by Gasteiger charge is 2.39. The van der Waals surface area contributed by atoms with E-state index >= 15 is 0 Å². The van der Waals surface area contributed by atoms with Gasteiger partial charge in [0.05, 0.1) is 0 Å². The van der Waals surface area contributed by atoms with E-state index in [1.165, 1.54) is 0 Å². The molecular weight excluding hydrogens is 325 g/mol. The minimum atomic E-state index is -2.40. The summed E-state index contributed by atoms with van der Waals surface area (Å²) in [5.41, 5.74) is 5.48. The first-order chi connectivity index (χ1) is 6.74. The van der Waals surface area contributed by atoms with Gasteiger partial charge in [0.15, 0.2) is 0 Å². The van der Waals surface area contributed by atoms with Crippen LogP contribution in [-0.2, 0) is 13.3 Å². The predicted molar refractivity (Wildman–Crippen MR) is 74.5 cm³/mol. The lowest BCUT2D eigenvalue weighted by Gasteiger charge is -2.28. The first kappa shape index (κ1) is 18.2. The van der Waals surface area contributed by atoms with Crippen molar-refractivity contribution < 1.29 is 13.3 Å². The molecule has 0 spiro atoms. The monoisotopic (exact) mass is 349 g/mol. The fourth-order valence-electron chi connectivity index (χ4n) is 1.32. The first-order valence-electron chi connectivity index (χ1n) is 5.36. The molecule has 6 heteroatoms. The SMILES string of the molecule is CCO[Si](CCCN)(OCC)OCC.I. The smallest absolute Gasteiger partial charge is 0.374 e. The van der Waals surface area contributed by atoms with E-state index in [-0.39, 0.29) is 24.0 Å². The molecule has 0 rings (SSSR count). The van der Waals surface area contributed by atoms with E-state index in [4.69, 9.17) is 19.0 Å². The highest BCUT2D eigenvalue weighted by atomic mass is 127. The van der Waals surface area contributed by atoms with Gasteiger partial charge < -0.3 is 19.0 Å². The lowest BCUT2D eigenvalue weighted by Crippen LogP contribution is -2.46. The van der Waals surface area contributed by atoms with Crippen LogP contribution in [0.15, 0.2) is 0 Å². The van der Waals surface area contributed by atoms with Crippen molar-refractivity contribution in [3.63, 3.8) is 0 Å². The summed E-state index contributed by atoms with van der Waals surface area (Å²) in [7, 11) is -2.40. The van der Waals surface area contributed by atoms with Gasteiger partial charge in [0.2, 0.25) is 0 Å². The predicted octanol–water partition coefficient (Wildman–Crippen LogP) is 2.00. The molecule has 0 aromatic rings. The van der Waals surface area contributed by atoms with E-state index in [1.54, 1.807) is 0 Å². The number of nitrogens with two attached hydrogens (primary N) is 1. The van der Waals surface area contributed by atoms with Gasteiger partial charge >= 0.3 is 8.80 Å². The van der Waals surface area contributed by atoms with Gasteiger partial charge in [-0.2, -0.15) is 0 Å². The molecule has 0 fully saturated rings. The molecule has 2 N–H and O–H groups in total. The Labute approximate surface area is 111 Å². The molecule has 0 aromatic heterocycles. The first-order valence-corrected chi connectivity index (χ1v) is 7.29. The van der Waals surface area contributed by atoms with Crippen LogP contribution >= 0.6 is 24.0 Å². The van der Waals surface area contributed by atoms with Crippen molar-refractivity contribution in [2.24, 2.45) is 5.73 Å². The number of hydrogen-bond acceptors (Lipinski definition) is 4. The Balaban J connectivity index is 0. The summed E-state index contributed by atoms with van der Waals surface area (Å²) in [6.45, 7) is 8.44. The average Bonchev–Trinajstić information content (AvgIpc) is 2.16. The second-order valence-electron chi connectivity index (χ2n) is 2.87. The topological polar surface area (TPSA) is 53.7 Å². The van der Waals surface area contributed by atoms with Crippen molar-refractivity contribution in [3.8, 4) is 0 Å². The van der Waals surface area contributed by atoms with Crippen molar-refractivity contribution in [1.82, 2.24) is 0 Å². The van der Waals surface area contributed by atoms with E-state index in [1.807, 2.05) is 20.8 Å². The van der Waals surface area contributed by atoms with E-state index in [9.17, 15) is 0 Å². The van der Waals surface area contributed by atoms with Gasteiger partial charge in [-0.1, -0.05) is 0 Å². The van der Waals surface area contributed by atoms with Gasteiger partial charge in [0.1, 0.15) is 0 Å². The fourth-order valence-corrected chi connectivity index (χ4v) is 3.96. The highest BCUT2D eigenvalue weighted by molar-refractivity contribution is 14.0. The molecule has 15 heavy (non-hydrogen) atoms. The lowest BCUT2D eigenvalue weighted by atomic mass is 10.5. The molecule has 0 aliphatic rings. The summed E-state index contributed by atoms with van der Waals surface area (Å²) < 4.78 is 17.0. The maximum atomic E-state index is 5.65. The van der Waals surface area contributed by atoms with Crippen LogP contribution in [0.3, 0.4) is 0 Å². The van der Waals surface area contributed by atoms with Crippen molar-refractivity contribution >= 4 is 32.8 Å². The maximum Gasteiger partial charge on any atom is 0.500 e. The Morgan fingerprint density at radius 3 is 1.60 bits per heavy atom. The van der Waals surface area contributed by atoms with E-state index in [0.717, 1.165) is 12.5 Å². The van der Waals surface area contributed by atoms with Gasteiger partial charge in [0.25, 0.3) is 0 Å². The van der Waals surface area contributed by atoms with Crippen molar-refractivity contribution in [3.05, 3.63) is 0 Å². The molecular formula is C9H24INO3Si. The third-order valence-corrected chi connectivity index (χ3v) is 4.93. The number of hydrogen-bond donors (Lipinski definition) is 1. The normalized spacial score (nSPS) is 11.2. The van der Waals surface area contributed by atoms with Crippen LogP contribution in [-0.4, -0.2) is 35.2 Å². The van der Waals surface area contributed by atoms with Crippen molar-refractivity contribution in [2.45, 2.75) is 33.2 Å². The van der Waals surface area contributed by atoms with Gasteiger partial charge in [-0.15, -0.1) is 24.0 Å².